The van der Waals surface area contributed by atoms with Gasteiger partial charge in [0.05, 0.1) is 23.0 Å². The summed E-state index contributed by atoms with van der Waals surface area (Å²) in [6.45, 7) is 7.32. The van der Waals surface area contributed by atoms with Gasteiger partial charge in [0.15, 0.2) is 0 Å². The standard InChI is InChI=1S/C14H24ClN3O/c1-3-18-13(14(15)11(2)17-18)10-19-9-7-12-6-4-5-8-16-12/h12,16H,3-10H2,1-2H3. The molecule has 0 aliphatic carbocycles. The van der Waals surface area contributed by atoms with Crippen LogP contribution in [-0.2, 0) is 17.9 Å². The van der Waals surface area contributed by atoms with Gasteiger partial charge >= 0.3 is 0 Å². The highest BCUT2D eigenvalue weighted by Gasteiger charge is 2.14. The fourth-order valence-corrected chi connectivity index (χ4v) is 2.76. The first-order chi connectivity index (χ1) is 9.22. The highest BCUT2D eigenvalue weighted by atomic mass is 35.5. The van der Waals surface area contributed by atoms with Gasteiger partial charge in [0.25, 0.3) is 0 Å². The molecule has 1 aromatic rings. The summed E-state index contributed by atoms with van der Waals surface area (Å²) in [4.78, 5) is 0. The van der Waals surface area contributed by atoms with Gasteiger partial charge in [-0.3, -0.25) is 4.68 Å². The molecule has 1 N–H and O–H groups in total. The number of hydrogen-bond donors (Lipinski definition) is 1. The molecule has 1 saturated heterocycles. The molecule has 1 unspecified atom stereocenters. The molecular weight excluding hydrogens is 262 g/mol. The first-order valence-electron chi connectivity index (χ1n) is 7.25. The SMILES string of the molecule is CCn1nc(C)c(Cl)c1COCCC1CCCCN1. The lowest BCUT2D eigenvalue weighted by Crippen LogP contribution is -2.34. The average molecular weight is 286 g/mol. The third-order valence-electron chi connectivity index (χ3n) is 3.71. The first kappa shape index (κ1) is 14.8. The third-order valence-corrected chi connectivity index (χ3v) is 4.21. The summed E-state index contributed by atoms with van der Waals surface area (Å²) < 4.78 is 7.70. The van der Waals surface area contributed by atoms with Crippen molar-refractivity contribution < 1.29 is 4.74 Å². The minimum absolute atomic E-state index is 0.556. The number of aryl methyl sites for hydroxylation is 2. The Hall–Kier alpha value is -0.580. The van der Waals surface area contributed by atoms with E-state index in [-0.39, 0.29) is 0 Å². The summed E-state index contributed by atoms with van der Waals surface area (Å²) in [5.74, 6) is 0. The number of ether oxygens (including phenoxy) is 1. The molecule has 0 radical (unpaired) electrons. The van der Waals surface area contributed by atoms with E-state index in [0.717, 1.165) is 42.5 Å². The lowest BCUT2D eigenvalue weighted by Gasteiger charge is -2.23. The Morgan fingerprint density at radius 1 is 1.47 bits per heavy atom. The maximum absolute atomic E-state index is 6.24. The highest BCUT2D eigenvalue weighted by molar-refractivity contribution is 6.31. The lowest BCUT2D eigenvalue weighted by molar-refractivity contribution is 0.103. The molecule has 0 amide bonds. The fourth-order valence-electron chi connectivity index (χ4n) is 2.57. The maximum Gasteiger partial charge on any atom is 0.0900 e. The molecule has 5 heteroatoms. The zero-order valence-electron chi connectivity index (χ0n) is 11.9. The van der Waals surface area contributed by atoms with Crippen molar-refractivity contribution in [3.63, 3.8) is 0 Å². The van der Waals surface area contributed by atoms with Crippen molar-refractivity contribution in [2.75, 3.05) is 13.2 Å². The molecule has 0 bridgehead atoms. The third kappa shape index (κ3) is 3.94. The van der Waals surface area contributed by atoms with Gasteiger partial charge in [-0.05, 0) is 39.7 Å². The van der Waals surface area contributed by atoms with E-state index in [1.54, 1.807) is 0 Å². The summed E-state index contributed by atoms with van der Waals surface area (Å²) in [6, 6.07) is 0.627. The molecule has 4 nitrogen and oxygen atoms in total. The molecule has 0 aromatic carbocycles. The van der Waals surface area contributed by atoms with Crippen molar-refractivity contribution in [2.24, 2.45) is 0 Å². The summed E-state index contributed by atoms with van der Waals surface area (Å²) in [5, 5.41) is 8.67. The summed E-state index contributed by atoms with van der Waals surface area (Å²) in [5.41, 5.74) is 1.88. The Balaban J connectivity index is 1.76. The number of nitrogens with zero attached hydrogens (tertiary/aromatic N) is 2. The van der Waals surface area contributed by atoms with Crippen molar-refractivity contribution in [1.82, 2.24) is 15.1 Å². The number of halogens is 1. The van der Waals surface area contributed by atoms with Gasteiger partial charge in [0.2, 0.25) is 0 Å². The Bertz CT molecular complexity index is 400. The van der Waals surface area contributed by atoms with Gasteiger partial charge in [-0.2, -0.15) is 5.10 Å². The van der Waals surface area contributed by atoms with Crippen LogP contribution in [0.25, 0.3) is 0 Å². The molecular formula is C14H24ClN3O. The molecule has 1 aliphatic rings. The molecule has 1 aromatic heterocycles. The molecule has 2 heterocycles. The number of aromatic nitrogens is 2. The van der Waals surface area contributed by atoms with Gasteiger partial charge < -0.3 is 10.1 Å². The fraction of sp³-hybridized carbons (Fsp3) is 0.786. The lowest BCUT2D eigenvalue weighted by atomic mass is 10.0. The molecule has 108 valence electrons. The Morgan fingerprint density at radius 2 is 2.32 bits per heavy atom. The van der Waals surface area contributed by atoms with Crippen LogP contribution >= 0.6 is 11.6 Å². The van der Waals surface area contributed by atoms with Crippen LogP contribution in [-0.4, -0.2) is 29.0 Å². The molecule has 0 spiro atoms. The maximum atomic E-state index is 6.24. The Labute approximate surface area is 120 Å². The van der Waals surface area contributed by atoms with Crippen molar-refractivity contribution in [2.45, 2.75) is 58.7 Å². The van der Waals surface area contributed by atoms with Crippen molar-refractivity contribution >= 4 is 11.6 Å². The van der Waals surface area contributed by atoms with Crippen molar-refractivity contribution in [1.29, 1.82) is 0 Å². The second kappa shape index (κ2) is 7.27. The van der Waals surface area contributed by atoms with E-state index in [4.69, 9.17) is 16.3 Å². The molecule has 19 heavy (non-hydrogen) atoms. The van der Waals surface area contributed by atoms with Crippen molar-refractivity contribution in [3.8, 4) is 0 Å². The van der Waals surface area contributed by atoms with Gasteiger partial charge in [-0.25, -0.2) is 0 Å². The van der Waals surface area contributed by atoms with E-state index >= 15 is 0 Å². The summed E-state index contributed by atoms with van der Waals surface area (Å²) in [6.07, 6.45) is 5.00. The highest BCUT2D eigenvalue weighted by Crippen LogP contribution is 2.21. The van der Waals surface area contributed by atoms with E-state index in [1.165, 1.54) is 19.3 Å². The van der Waals surface area contributed by atoms with Gasteiger partial charge in [-0.1, -0.05) is 18.0 Å². The normalized spacial score (nSPS) is 19.8. The van der Waals surface area contributed by atoms with Crippen molar-refractivity contribution in [3.05, 3.63) is 16.4 Å². The average Bonchev–Trinajstić information content (AvgIpc) is 2.72. The van der Waals surface area contributed by atoms with E-state index < -0.39 is 0 Å². The smallest absolute Gasteiger partial charge is 0.0900 e. The van der Waals surface area contributed by atoms with Crippen LogP contribution in [0.3, 0.4) is 0 Å². The van der Waals surface area contributed by atoms with Gasteiger partial charge in [-0.15, -0.1) is 0 Å². The number of piperidine rings is 1. The van der Waals surface area contributed by atoms with Crippen LogP contribution in [0.4, 0.5) is 0 Å². The molecule has 2 rings (SSSR count). The number of nitrogens with one attached hydrogen (secondary N) is 1. The van der Waals surface area contributed by atoms with Crippen LogP contribution in [0.15, 0.2) is 0 Å². The van der Waals surface area contributed by atoms with Gasteiger partial charge in [0, 0.05) is 19.2 Å². The second-order valence-corrected chi connectivity index (χ2v) is 5.53. The molecule has 1 atom stereocenters. The topological polar surface area (TPSA) is 39.1 Å². The van der Waals surface area contributed by atoms with E-state index in [2.05, 4.69) is 17.3 Å². The van der Waals surface area contributed by atoms with Crippen LogP contribution in [0.1, 0.15) is 44.0 Å². The Morgan fingerprint density at radius 3 is 3.00 bits per heavy atom. The number of hydrogen-bond acceptors (Lipinski definition) is 3. The molecule has 1 fully saturated rings. The van der Waals surface area contributed by atoms with Crippen LogP contribution in [0, 0.1) is 6.92 Å². The van der Waals surface area contributed by atoms with E-state index in [1.807, 2.05) is 11.6 Å². The minimum atomic E-state index is 0.556. The predicted molar refractivity (Wildman–Crippen MR) is 77.6 cm³/mol. The quantitative estimate of drug-likeness (QED) is 0.817. The summed E-state index contributed by atoms with van der Waals surface area (Å²) in [7, 11) is 0. The second-order valence-electron chi connectivity index (χ2n) is 5.15. The van der Waals surface area contributed by atoms with E-state index in [9.17, 15) is 0 Å². The van der Waals surface area contributed by atoms with E-state index in [0.29, 0.717) is 12.6 Å². The largest absolute Gasteiger partial charge is 0.375 e. The Kier molecular flexibility index (Phi) is 5.67. The summed E-state index contributed by atoms with van der Waals surface area (Å²) >= 11 is 6.24. The monoisotopic (exact) mass is 285 g/mol. The first-order valence-corrected chi connectivity index (χ1v) is 7.63. The molecule has 1 aliphatic heterocycles. The number of rotatable bonds is 6. The predicted octanol–water partition coefficient (Wildman–Crippen LogP) is 2.91. The van der Waals surface area contributed by atoms with Crippen LogP contribution < -0.4 is 5.32 Å². The zero-order valence-corrected chi connectivity index (χ0v) is 12.7. The molecule has 0 saturated carbocycles. The zero-order chi connectivity index (χ0) is 13.7. The minimum Gasteiger partial charge on any atom is -0.375 e. The van der Waals surface area contributed by atoms with Crippen LogP contribution in [0.5, 0.6) is 0 Å². The van der Waals surface area contributed by atoms with Crippen LogP contribution in [0.2, 0.25) is 5.02 Å². The van der Waals surface area contributed by atoms with Gasteiger partial charge in [0.1, 0.15) is 0 Å².